The van der Waals surface area contributed by atoms with Crippen LogP contribution in [0.25, 0.3) is 0 Å². The van der Waals surface area contributed by atoms with Crippen LogP contribution in [0.2, 0.25) is 0 Å². The predicted molar refractivity (Wildman–Crippen MR) is 177 cm³/mol. The van der Waals surface area contributed by atoms with Gasteiger partial charge in [-0.2, -0.15) is 26.3 Å². The number of aliphatic hydroxyl groups excluding tert-OH is 1. The zero-order valence-electron chi connectivity index (χ0n) is 28.6. The summed E-state index contributed by atoms with van der Waals surface area (Å²) in [5.74, 6) is 5.47. The summed E-state index contributed by atoms with van der Waals surface area (Å²) in [5, 5.41) is 9.75. The number of rotatable bonds is 17. The van der Waals surface area contributed by atoms with E-state index >= 15 is 0 Å². The highest BCUT2D eigenvalue weighted by Crippen LogP contribution is 2.44. The molecule has 0 heterocycles. The Bertz CT molecular complexity index is 1510. The molecule has 0 aliphatic rings. The fourth-order valence-corrected chi connectivity index (χ4v) is 5.50. The van der Waals surface area contributed by atoms with E-state index in [0.29, 0.717) is 20.6 Å². The summed E-state index contributed by atoms with van der Waals surface area (Å²) in [6.45, 7) is 3.49. The zero-order valence-corrected chi connectivity index (χ0v) is 29.3. The van der Waals surface area contributed by atoms with Crippen LogP contribution in [0.15, 0.2) is 60.7 Å². The van der Waals surface area contributed by atoms with Gasteiger partial charge in [-0.1, -0.05) is 113 Å². The molecule has 7 nitrogen and oxygen atoms in total. The molecule has 0 saturated heterocycles. The van der Waals surface area contributed by atoms with Gasteiger partial charge in [0, 0.05) is 25.3 Å². The van der Waals surface area contributed by atoms with Crippen LogP contribution in [0, 0.1) is 23.7 Å². The third-order valence-electron chi connectivity index (χ3n) is 7.98. The molecule has 280 valence electrons. The van der Waals surface area contributed by atoms with Gasteiger partial charge in [-0.25, -0.2) is 9.59 Å². The maximum absolute atomic E-state index is 14.5. The average Bonchev–Trinajstić information content (AvgIpc) is 3.09. The Morgan fingerprint density at radius 3 is 1.61 bits per heavy atom. The first-order valence-electron chi connectivity index (χ1n) is 16.2. The molecule has 6 atom stereocenters. The van der Waals surface area contributed by atoms with E-state index in [1.54, 1.807) is 0 Å². The lowest BCUT2D eigenvalue weighted by Gasteiger charge is -2.35. The Morgan fingerprint density at radius 2 is 1.18 bits per heavy atom. The molecule has 0 spiro atoms. The number of carbonyl (C=O) groups is 2. The molecule has 0 saturated carbocycles. The Labute approximate surface area is 298 Å². The number of esters is 2. The van der Waals surface area contributed by atoms with Crippen LogP contribution >= 0.6 is 11.6 Å². The highest BCUT2D eigenvalue weighted by molar-refractivity contribution is 6.21. The zero-order chi connectivity index (χ0) is 38.3. The number of hydrogen-bond donors (Lipinski definition) is 1. The maximum atomic E-state index is 14.5. The molecule has 0 aromatic heterocycles. The van der Waals surface area contributed by atoms with Crippen LogP contribution in [-0.2, 0) is 39.7 Å². The third kappa shape index (κ3) is 10.6. The largest absolute Gasteiger partial charge is 0.454 e. The van der Waals surface area contributed by atoms with Crippen molar-refractivity contribution in [1.29, 1.82) is 0 Å². The van der Waals surface area contributed by atoms with Crippen molar-refractivity contribution >= 4 is 23.5 Å². The molecule has 0 bridgehead atoms. The lowest BCUT2D eigenvalue weighted by atomic mass is 9.92. The van der Waals surface area contributed by atoms with E-state index < -0.39 is 70.3 Å². The van der Waals surface area contributed by atoms with E-state index in [2.05, 4.69) is 23.7 Å². The molecule has 14 heteroatoms. The van der Waals surface area contributed by atoms with Gasteiger partial charge in [0.1, 0.15) is 0 Å². The first-order valence-corrected chi connectivity index (χ1v) is 16.6. The van der Waals surface area contributed by atoms with Gasteiger partial charge in [-0.15, -0.1) is 11.6 Å². The summed E-state index contributed by atoms with van der Waals surface area (Å²) >= 11 is 6.51. The molecule has 2 rings (SSSR count). The lowest BCUT2D eigenvalue weighted by molar-refractivity contribution is -0.279. The molecule has 1 unspecified atom stereocenters. The second kappa shape index (κ2) is 19.7. The van der Waals surface area contributed by atoms with Gasteiger partial charge in [-0.05, 0) is 30.6 Å². The van der Waals surface area contributed by atoms with E-state index in [1.165, 1.54) is 43.3 Å². The van der Waals surface area contributed by atoms with Crippen molar-refractivity contribution in [3.63, 3.8) is 0 Å². The van der Waals surface area contributed by atoms with Gasteiger partial charge >= 0.3 is 24.3 Å². The van der Waals surface area contributed by atoms with Gasteiger partial charge in [0.05, 0.1) is 5.38 Å². The minimum atomic E-state index is -5.30. The van der Waals surface area contributed by atoms with Crippen molar-refractivity contribution in [3.05, 3.63) is 71.8 Å². The predicted octanol–water partition coefficient (Wildman–Crippen LogP) is 7.76. The highest BCUT2D eigenvalue weighted by Gasteiger charge is 2.65. The topological polar surface area (TPSA) is 91.3 Å². The number of alkyl halides is 7. The van der Waals surface area contributed by atoms with Gasteiger partial charge in [0.2, 0.25) is 0 Å². The first kappa shape index (κ1) is 43.4. The van der Waals surface area contributed by atoms with Crippen LogP contribution < -0.4 is 0 Å². The normalized spacial score (nSPS) is 16.4. The molecule has 51 heavy (non-hydrogen) atoms. The number of carbonyl (C=O) groups excluding carboxylic acids is 2. The standard InChI is InChI=1S/C37H41ClF6O7/c1-5-7-8-9-16-24-29(38)31(51-33(47)35(49-4,37(42,43)44)27-21-14-11-15-22-27)30(45)25-18-17-23-28(6-2)50-32(46)34(48-3,36(39,40)41)26-19-12-10-13-20-26/h10-15,19-22,28-31,45H,5-9,16,24H2,1-4H3/t28-,29?,30+,31-,34-,35-/m0/s1. The monoisotopic (exact) mass is 746 g/mol. The fourth-order valence-electron chi connectivity index (χ4n) is 5.16. The van der Waals surface area contributed by atoms with Gasteiger partial charge < -0.3 is 24.1 Å². The van der Waals surface area contributed by atoms with Crippen molar-refractivity contribution in [2.75, 3.05) is 14.2 Å². The van der Waals surface area contributed by atoms with E-state index in [1.807, 2.05) is 6.92 Å². The van der Waals surface area contributed by atoms with Crippen LogP contribution in [0.1, 0.15) is 69.9 Å². The SMILES string of the molecule is CCCCCCCC(Cl)[C@H](OC(=O)[C@@](OC)(c1ccccc1)C(F)(F)F)[C@H](O)C#CC#C[C@H](CC)OC(=O)[C@@](OC)(c1ccccc1)C(F)(F)F. The number of hydrogen-bond acceptors (Lipinski definition) is 7. The summed E-state index contributed by atoms with van der Waals surface area (Å²) < 4.78 is 106. The number of methoxy groups -OCH3 is 2. The molecular weight excluding hydrogens is 706 g/mol. The molecule has 0 aliphatic heterocycles. The highest BCUT2D eigenvalue weighted by atomic mass is 35.5. The Kier molecular flexibility index (Phi) is 16.8. The average molecular weight is 747 g/mol. The van der Waals surface area contributed by atoms with Crippen molar-refractivity contribution in [2.45, 2.75) is 106 Å². The van der Waals surface area contributed by atoms with E-state index in [9.17, 15) is 41.0 Å². The van der Waals surface area contributed by atoms with Crippen LogP contribution in [-0.4, -0.2) is 67.3 Å². The molecule has 0 amide bonds. The van der Waals surface area contributed by atoms with Gasteiger partial charge in [0.15, 0.2) is 18.3 Å². The van der Waals surface area contributed by atoms with E-state index in [4.69, 9.17) is 30.5 Å². The molecule has 2 aromatic rings. The summed E-state index contributed by atoms with van der Waals surface area (Å²) in [6.07, 6.45) is -11.6. The lowest BCUT2D eigenvalue weighted by Crippen LogP contribution is -2.54. The van der Waals surface area contributed by atoms with Crippen LogP contribution in [0.5, 0.6) is 0 Å². The van der Waals surface area contributed by atoms with Crippen molar-refractivity contribution in [1.82, 2.24) is 0 Å². The number of aliphatic hydroxyl groups is 1. The molecular formula is C37H41ClF6O7. The molecule has 1 N–H and O–H groups in total. The number of benzene rings is 2. The number of unbranched alkanes of at least 4 members (excludes halogenated alkanes) is 4. The molecule has 2 aromatic carbocycles. The maximum Gasteiger partial charge on any atom is 0.432 e. The summed E-state index contributed by atoms with van der Waals surface area (Å²) in [4.78, 5) is 26.3. The van der Waals surface area contributed by atoms with E-state index in [-0.39, 0.29) is 12.8 Å². The van der Waals surface area contributed by atoms with Crippen LogP contribution in [0.4, 0.5) is 26.3 Å². The summed E-state index contributed by atoms with van der Waals surface area (Å²) in [7, 11) is 1.40. The van der Waals surface area contributed by atoms with Crippen molar-refractivity contribution in [2.24, 2.45) is 0 Å². The Balaban J connectivity index is 2.40. The van der Waals surface area contributed by atoms with Crippen LogP contribution in [0.3, 0.4) is 0 Å². The minimum absolute atomic E-state index is 0.0759. The third-order valence-corrected chi connectivity index (χ3v) is 8.44. The van der Waals surface area contributed by atoms with Gasteiger partial charge in [-0.3, -0.25) is 0 Å². The Morgan fingerprint density at radius 1 is 0.725 bits per heavy atom. The second-order valence-electron chi connectivity index (χ2n) is 11.4. The summed E-state index contributed by atoms with van der Waals surface area (Å²) in [5.41, 5.74) is -8.12. The summed E-state index contributed by atoms with van der Waals surface area (Å²) in [6, 6.07) is 12.2. The van der Waals surface area contributed by atoms with Crippen molar-refractivity contribution < 1.29 is 60.0 Å². The molecule has 0 radical (unpaired) electrons. The minimum Gasteiger partial charge on any atom is -0.454 e. The van der Waals surface area contributed by atoms with Crippen molar-refractivity contribution in [3.8, 4) is 23.7 Å². The molecule has 0 aliphatic carbocycles. The number of ether oxygens (including phenoxy) is 4. The Hall–Kier alpha value is -3.75. The second-order valence-corrected chi connectivity index (χ2v) is 11.9. The van der Waals surface area contributed by atoms with E-state index in [0.717, 1.165) is 49.9 Å². The fraction of sp³-hybridized carbons (Fsp3) is 0.514. The molecule has 0 fully saturated rings. The smallest absolute Gasteiger partial charge is 0.432 e. The number of halogens is 7. The quantitative estimate of drug-likeness (QED) is 0.0582. The van der Waals surface area contributed by atoms with Gasteiger partial charge in [0.25, 0.3) is 11.2 Å². The first-order chi connectivity index (χ1) is 24.1.